The molecule has 1 N–H and O–H groups in total. The minimum Gasteiger partial charge on any atom is -0.495 e. The molecular weight excluding hydrogens is 504 g/mol. The van der Waals surface area contributed by atoms with Gasteiger partial charge in [0.05, 0.1) is 25.2 Å². The number of rotatable bonds is 12. The van der Waals surface area contributed by atoms with Crippen molar-refractivity contribution in [2.45, 2.75) is 31.5 Å². The van der Waals surface area contributed by atoms with Gasteiger partial charge in [-0.15, -0.1) is 16.8 Å². The minimum absolute atomic E-state index is 0.141. The van der Waals surface area contributed by atoms with Gasteiger partial charge in [-0.05, 0) is 49.2 Å². The van der Waals surface area contributed by atoms with Gasteiger partial charge in [-0.2, -0.15) is 0 Å². The molecule has 1 aromatic heterocycles. The minimum atomic E-state index is -0.141. The van der Waals surface area contributed by atoms with Crippen molar-refractivity contribution in [1.82, 2.24) is 14.8 Å². The number of anilines is 1. The van der Waals surface area contributed by atoms with Gasteiger partial charge in [0.25, 0.3) is 0 Å². The van der Waals surface area contributed by atoms with Gasteiger partial charge in [0.15, 0.2) is 5.16 Å². The van der Waals surface area contributed by atoms with E-state index >= 15 is 0 Å². The van der Waals surface area contributed by atoms with E-state index in [-0.39, 0.29) is 11.7 Å². The van der Waals surface area contributed by atoms with E-state index in [1.807, 2.05) is 41.8 Å². The third-order valence-electron chi connectivity index (χ3n) is 4.76. The summed E-state index contributed by atoms with van der Waals surface area (Å²) < 4.78 is 14.2. The van der Waals surface area contributed by atoms with Crippen LogP contribution in [0.5, 0.6) is 11.5 Å². The predicted molar refractivity (Wildman–Crippen MR) is 135 cm³/mol. The molecule has 0 radical (unpaired) electrons. The number of allylic oxidation sites excluding steroid dienone is 1. The van der Waals surface area contributed by atoms with Crippen molar-refractivity contribution in [3.63, 3.8) is 0 Å². The quantitative estimate of drug-likeness (QED) is 0.195. The summed E-state index contributed by atoms with van der Waals surface area (Å²) in [6.07, 6.45) is 3.31. The second-order valence-corrected chi connectivity index (χ2v) is 9.06. The number of nitrogens with one attached hydrogen (secondary N) is 1. The molecule has 2 aromatic carbocycles. The Morgan fingerprint density at radius 2 is 2.06 bits per heavy atom. The summed E-state index contributed by atoms with van der Waals surface area (Å²) >= 11 is 4.80. The fourth-order valence-electron chi connectivity index (χ4n) is 3.17. The molecule has 3 rings (SSSR count). The van der Waals surface area contributed by atoms with Crippen molar-refractivity contribution in [3.8, 4) is 11.5 Å². The normalized spacial score (nSPS) is 10.6. The fraction of sp³-hybridized carbons (Fsp3) is 0.292. The zero-order valence-corrected chi connectivity index (χ0v) is 21.1. The van der Waals surface area contributed by atoms with E-state index in [1.165, 1.54) is 11.8 Å². The van der Waals surface area contributed by atoms with Gasteiger partial charge in [0.2, 0.25) is 5.91 Å². The largest absolute Gasteiger partial charge is 0.495 e. The number of carbonyl (C=O) groups excluding carboxylic acids is 1. The Kier molecular flexibility index (Phi) is 9.38. The second-order valence-electron chi connectivity index (χ2n) is 7.20. The lowest BCUT2D eigenvalue weighted by molar-refractivity contribution is -0.113. The van der Waals surface area contributed by atoms with Crippen LogP contribution in [0.4, 0.5) is 5.69 Å². The van der Waals surface area contributed by atoms with Gasteiger partial charge in [-0.25, -0.2) is 0 Å². The van der Waals surface area contributed by atoms with Gasteiger partial charge in [0.1, 0.15) is 17.3 Å². The Morgan fingerprint density at radius 1 is 1.24 bits per heavy atom. The van der Waals surface area contributed by atoms with Crippen LogP contribution < -0.4 is 14.8 Å². The van der Waals surface area contributed by atoms with Crippen LogP contribution >= 0.6 is 27.7 Å². The maximum atomic E-state index is 12.4. The molecular formula is C24H27BrN4O3S. The highest BCUT2D eigenvalue weighted by molar-refractivity contribution is 9.10. The summed E-state index contributed by atoms with van der Waals surface area (Å²) in [5.74, 6) is 2.41. The summed E-state index contributed by atoms with van der Waals surface area (Å²) in [6, 6.07) is 13.3. The first-order valence-corrected chi connectivity index (χ1v) is 12.3. The Labute approximate surface area is 206 Å². The zero-order chi connectivity index (χ0) is 23.6. The van der Waals surface area contributed by atoms with Crippen LogP contribution in [0.15, 0.2) is 64.7 Å². The lowest BCUT2D eigenvalue weighted by Gasteiger charge is -2.11. The van der Waals surface area contributed by atoms with Gasteiger partial charge in [-0.3, -0.25) is 4.79 Å². The van der Waals surface area contributed by atoms with Crippen molar-refractivity contribution in [2.24, 2.45) is 0 Å². The summed E-state index contributed by atoms with van der Waals surface area (Å²) in [7, 11) is 1.57. The maximum Gasteiger partial charge on any atom is 0.234 e. The molecule has 0 aliphatic heterocycles. The molecule has 0 unspecified atom stereocenters. The first kappa shape index (κ1) is 24.9. The van der Waals surface area contributed by atoms with Crippen LogP contribution in [0.2, 0.25) is 0 Å². The van der Waals surface area contributed by atoms with Crippen LogP contribution in [0.1, 0.15) is 17.8 Å². The molecule has 9 heteroatoms. The number of para-hydroxylation sites is 2. The second kappa shape index (κ2) is 12.5. The zero-order valence-electron chi connectivity index (χ0n) is 18.7. The van der Waals surface area contributed by atoms with Crippen molar-refractivity contribution in [2.75, 3.05) is 24.8 Å². The van der Waals surface area contributed by atoms with Crippen LogP contribution in [0.3, 0.4) is 0 Å². The van der Waals surface area contributed by atoms with Gasteiger partial charge in [-0.1, -0.05) is 45.9 Å². The Morgan fingerprint density at radius 3 is 2.82 bits per heavy atom. The molecule has 7 nitrogen and oxygen atoms in total. The van der Waals surface area contributed by atoms with Crippen LogP contribution in [0.25, 0.3) is 0 Å². The van der Waals surface area contributed by atoms with E-state index in [0.29, 0.717) is 36.2 Å². The first-order chi connectivity index (χ1) is 16.0. The van der Waals surface area contributed by atoms with Crippen molar-refractivity contribution in [1.29, 1.82) is 0 Å². The van der Waals surface area contributed by atoms with E-state index in [9.17, 15) is 4.79 Å². The summed E-state index contributed by atoms with van der Waals surface area (Å²) in [5, 5.41) is 12.2. The number of hydrogen-bond acceptors (Lipinski definition) is 6. The molecule has 0 fully saturated rings. The molecule has 0 bridgehead atoms. The van der Waals surface area contributed by atoms with Crippen LogP contribution in [-0.2, 0) is 17.8 Å². The average Bonchev–Trinajstić information content (AvgIpc) is 3.18. The number of benzene rings is 2. The van der Waals surface area contributed by atoms with E-state index in [1.54, 1.807) is 25.3 Å². The lowest BCUT2D eigenvalue weighted by Crippen LogP contribution is -2.15. The van der Waals surface area contributed by atoms with Crippen LogP contribution in [-0.4, -0.2) is 40.1 Å². The predicted octanol–water partition coefficient (Wildman–Crippen LogP) is 5.29. The molecule has 174 valence electrons. The molecule has 0 aliphatic rings. The number of ether oxygens (including phenoxy) is 2. The lowest BCUT2D eigenvalue weighted by atomic mass is 10.2. The number of nitrogens with zero attached hydrogens (tertiary/aromatic N) is 3. The summed E-state index contributed by atoms with van der Waals surface area (Å²) in [5.41, 5.74) is 1.73. The molecule has 1 heterocycles. The highest BCUT2D eigenvalue weighted by Crippen LogP contribution is 2.25. The van der Waals surface area contributed by atoms with Gasteiger partial charge in [0, 0.05) is 17.4 Å². The number of thioether (sulfide) groups is 1. The smallest absolute Gasteiger partial charge is 0.234 e. The molecule has 1 amide bonds. The van der Waals surface area contributed by atoms with E-state index < -0.39 is 0 Å². The molecule has 0 spiro atoms. The topological polar surface area (TPSA) is 78.3 Å². The number of aromatic nitrogens is 3. The molecule has 3 aromatic rings. The number of hydrogen-bond donors (Lipinski definition) is 1. The van der Waals surface area contributed by atoms with E-state index in [2.05, 4.69) is 38.0 Å². The standard InChI is InChI=1S/C24H27BrN4O3S/c1-4-13-29-22(10-7-14-32-20-12-11-18(25)15-17(20)2)27-28-24(29)33-16-23(30)26-19-8-5-6-9-21(19)31-3/h4-6,8-9,11-12,15H,1,7,10,13-14,16H2,2-3H3,(H,26,30). The summed E-state index contributed by atoms with van der Waals surface area (Å²) in [6.45, 7) is 7.01. The summed E-state index contributed by atoms with van der Waals surface area (Å²) in [4.78, 5) is 12.4. The third-order valence-corrected chi connectivity index (χ3v) is 6.22. The van der Waals surface area contributed by atoms with Gasteiger partial charge >= 0.3 is 0 Å². The highest BCUT2D eigenvalue weighted by Gasteiger charge is 2.14. The number of halogens is 1. The Hall–Kier alpha value is -2.78. The maximum absolute atomic E-state index is 12.4. The molecule has 0 atom stereocenters. The van der Waals surface area contributed by atoms with Crippen molar-refractivity contribution >= 4 is 39.3 Å². The highest BCUT2D eigenvalue weighted by atomic mass is 79.9. The number of amides is 1. The Balaban J connectivity index is 1.54. The number of aryl methyl sites for hydroxylation is 2. The first-order valence-electron chi connectivity index (χ1n) is 10.5. The van der Waals surface area contributed by atoms with E-state index in [4.69, 9.17) is 9.47 Å². The third kappa shape index (κ3) is 7.10. The molecule has 0 saturated carbocycles. The number of carbonyl (C=O) groups is 1. The fourth-order valence-corrected chi connectivity index (χ4v) is 4.42. The molecule has 33 heavy (non-hydrogen) atoms. The molecule has 0 saturated heterocycles. The SMILES string of the molecule is C=CCn1c(CCCOc2ccc(Br)cc2C)nnc1SCC(=O)Nc1ccccc1OC. The molecule has 0 aliphatic carbocycles. The number of methoxy groups -OCH3 is 1. The van der Waals surface area contributed by atoms with E-state index in [0.717, 1.165) is 28.0 Å². The van der Waals surface area contributed by atoms with Crippen LogP contribution in [0, 0.1) is 6.92 Å². The monoisotopic (exact) mass is 530 g/mol. The van der Waals surface area contributed by atoms with Crippen molar-refractivity contribution in [3.05, 3.63) is 71.0 Å². The Bertz CT molecular complexity index is 1100. The average molecular weight is 531 g/mol. The van der Waals surface area contributed by atoms with Gasteiger partial charge < -0.3 is 19.4 Å². The van der Waals surface area contributed by atoms with Crippen molar-refractivity contribution < 1.29 is 14.3 Å².